The van der Waals surface area contributed by atoms with Gasteiger partial charge in [-0.3, -0.25) is 0 Å². The predicted octanol–water partition coefficient (Wildman–Crippen LogP) is 7.68. The van der Waals surface area contributed by atoms with Gasteiger partial charge in [0.2, 0.25) is 58.9 Å². The van der Waals surface area contributed by atoms with Crippen LogP contribution in [0.4, 0.5) is 23.5 Å². The highest BCUT2D eigenvalue weighted by molar-refractivity contribution is 14.1. The second kappa shape index (κ2) is 33.3. The minimum atomic E-state index is 0.0903. The summed E-state index contributed by atoms with van der Waals surface area (Å²) in [5.74, 6) is 6.79. The first-order valence-corrected chi connectivity index (χ1v) is 24.6. The van der Waals surface area contributed by atoms with E-state index in [0.717, 1.165) is 3.57 Å². The third kappa shape index (κ3) is 23.5. The van der Waals surface area contributed by atoms with Gasteiger partial charge in [-0.25, -0.2) is 19.9 Å². The molecule has 388 valence electrons. The maximum atomic E-state index is 5.69. The first kappa shape index (κ1) is 60.9. The Morgan fingerprint density at radius 3 is 1.07 bits per heavy atom. The van der Waals surface area contributed by atoms with Gasteiger partial charge in [0.15, 0.2) is 5.16 Å². The summed E-state index contributed by atoms with van der Waals surface area (Å²) in [6, 6.07) is 6.21. The number of aromatic nitrogens is 12. The molecule has 24 nitrogen and oxygen atoms in total. The number of nitrogens with zero attached hydrogens (tertiary/aromatic N) is 12. The van der Waals surface area contributed by atoms with Crippen molar-refractivity contribution in [3.63, 3.8) is 0 Å². The number of ether oxygens (including phenoxy) is 8. The molecule has 0 atom stereocenters. The topological polar surface area (TPSA) is 333 Å². The van der Waals surface area contributed by atoms with Crippen molar-refractivity contribution < 1.29 is 37.9 Å². The molecule has 28 heteroatoms. The fourth-order valence-electron chi connectivity index (χ4n) is 4.87. The fraction of sp³-hybridized carbons (Fsp3) is 0.442. The highest BCUT2D eigenvalue weighted by Gasteiger charge is 2.19. The molecule has 8 N–H and O–H groups in total. The van der Waals surface area contributed by atoms with Gasteiger partial charge in [0.05, 0.1) is 65.0 Å². The van der Waals surface area contributed by atoms with E-state index in [0.29, 0.717) is 139 Å². The zero-order valence-electron chi connectivity index (χ0n) is 41.5. The molecule has 0 fully saturated rings. The van der Waals surface area contributed by atoms with Gasteiger partial charge in [-0.15, -0.1) is 0 Å². The molecule has 0 spiro atoms. The lowest BCUT2D eigenvalue weighted by Crippen LogP contribution is -2.05. The zero-order valence-corrected chi connectivity index (χ0v) is 45.9. The van der Waals surface area contributed by atoms with Gasteiger partial charge in [0.25, 0.3) is 0 Å². The maximum absolute atomic E-state index is 5.69. The Bertz CT molecular complexity index is 2320. The average molecular weight is 1160 g/mol. The van der Waals surface area contributed by atoms with Crippen LogP contribution in [0.5, 0.6) is 47.0 Å². The molecule has 0 radical (unpaired) electrons. The highest BCUT2D eigenvalue weighted by Crippen LogP contribution is 2.39. The van der Waals surface area contributed by atoms with Crippen LogP contribution >= 0.6 is 57.6 Å². The standard InChI is InChI=1S/C13H18N6O2S.C9H13IN2O2.C9H14N2O2.C8H13N3O2.C4H3Cl2N3/c1-4-20-11-10(12(21-5-2)17-7(3)16-11)22-13-18-8(14)6-9(15)19-13;1-4-13-8-7(10)9(14-5-2)12-6(3)11-8;1-4-12-8-6-9(13-5-2)11-7(3)10-8;1-3-12-6-5-7(13-4-2)11-8(9)10-6;5-2-1-3(6)9-4(7)8-2/h6H,4-5H2,1-3H3,(H4,14,15,18,19);4-5H2,1-3H3;6H,4-5H2,1-3H3;5H,3-4H2,1-2H3,(H2,9,10,11);1H,(H2,7,8,9). The highest BCUT2D eigenvalue weighted by atomic mass is 127. The van der Waals surface area contributed by atoms with Gasteiger partial charge in [-0.05, 0) is 111 Å². The minimum Gasteiger partial charge on any atom is -0.478 e. The molecule has 0 bridgehead atoms. The Morgan fingerprint density at radius 1 is 0.408 bits per heavy atom. The van der Waals surface area contributed by atoms with Crippen molar-refractivity contribution in [2.45, 2.75) is 86.2 Å². The van der Waals surface area contributed by atoms with Gasteiger partial charge in [0, 0.05) is 12.1 Å². The van der Waals surface area contributed by atoms with Gasteiger partial charge in [-0.2, -0.15) is 39.9 Å². The van der Waals surface area contributed by atoms with Crippen LogP contribution in [0.25, 0.3) is 0 Å². The molecule has 0 unspecified atom stereocenters. The number of hydrogen-bond acceptors (Lipinski definition) is 25. The van der Waals surface area contributed by atoms with E-state index >= 15 is 0 Å². The number of hydrogen-bond donors (Lipinski definition) is 4. The Hall–Kier alpha value is -6.26. The van der Waals surface area contributed by atoms with Gasteiger partial charge >= 0.3 is 0 Å². The van der Waals surface area contributed by atoms with Crippen LogP contribution < -0.4 is 60.8 Å². The van der Waals surface area contributed by atoms with E-state index in [1.54, 1.807) is 19.1 Å². The third-order valence-corrected chi connectivity index (χ3v) is 9.45. The van der Waals surface area contributed by atoms with Crippen molar-refractivity contribution in [3.05, 3.63) is 55.6 Å². The Kier molecular flexibility index (Phi) is 28.6. The molecule has 6 aromatic heterocycles. The predicted molar refractivity (Wildman–Crippen MR) is 280 cm³/mol. The van der Waals surface area contributed by atoms with Crippen LogP contribution in [0.3, 0.4) is 0 Å². The number of anilines is 4. The van der Waals surface area contributed by atoms with E-state index in [-0.39, 0.29) is 22.2 Å². The van der Waals surface area contributed by atoms with Crippen LogP contribution in [0.2, 0.25) is 10.3 Å². The summed E-state index contributed by atoms with van der Waals surface area (Å²) in [6.45, 7) is 25.0. The lowest BCUT2D eigenvalue weighted by molar-refractivity contribution is 0.288. The molecular formula is C43H61Cl2IN16O8S. The number of aryl methyl sites for hydroxylation is 3. The van der Waals surface area contributed by atoms with Gasteiger partial charge < -0.3 is 60.8 Å². The van der Waals surface area contributed by atoms with Crippen molar-refractivity contribution in [1.29, 1.82) is 0 Å². The molecule has 0 aliphatic carbocycles. The molecular weight excluding hydrogens is 1100 g/mol. The monoisotopic (exact) mass is 1160 g/mol. The molecule has 0 saturated heterocycles. The fourth-order valence-corrected chi connectivity index (χ4v) is 6.73. The van der Waals surface area contributed by atoms with Crippen molar-refractivity contribution in [3.8, 4) is 47.0 Å². The summed E-state index contributed by atoms with van der Waals surface area (Å²) >= 11 is 14.2. The normalized spacial score (nSPS) is 10.0. The first-order valence-electron chi connectivity index (χ1n) is 21.9. The smallest absolute Gasteiger partial charge is 0.235 e. The van der Waals surface area contributed by atoms with Crippen LogP contribution in [0, 0.1) is 24.3 Å². The summed E-state index contributed by atoms with van der Waals surface area (Å²) in [5.41, 5.74) is 22.0. The second-order valence-electron chi connectivity index (χ2n) is 12.8. The Labute approximate surface area is 441 Å². The van der Waals surface area contributed by atoms with Crippen molar-refractivity contribution in [2.75, 3.05) is 75.8 Å². The minimum absolute atomic E-state index is 0.0903. The lowest BCUT2D eigenvalue weighted by Gasteiger charge is -2.13. The third-order valence-electron chi connectivity index (χ3n) is 7.22. The van der Waals surface area contributed by atoms with Crippen LogP contribution in [-0.2, 0) is 0 Å². The quantitative estimate of drug-likeness (QED) is 0.0364. The van der Waals surface area contributed by atoms with Crippen molar-refractivity contribution in [2.24, 2.45) is 0 Å². The number of nitrogens with two attached hydrogens (primary N) is 4. The molecule has 6 heterocycles. The summed E-state index contributed by atoms with van der Waals surface area (Å²) in [5, 5.41) is 0.895. The first-order chi connectivity index (χ1) is 33.9. The van der Waals surface area contributed by atoms with E-state index < -0.39 is 0 Å². The van der Waals surface area contributed by atoms with E-state index in [4.69, 9.17) is 84.0 Å². The lowest BCUT2D eigenvalue weighted by atomic mass is 10.5. The summed E-state index contributed by atoms with van der Waals surface area (Å²) in [7, 11) is 0. The zero-order chi connectivity index (χ0) is 52.9. The molecule has 6 aromatic rings. The summed E-state index contributed by atoms with van der Waals surface area (Å²) in [6.07, 6.45) is 0. The summed E-state index contributed by atoms with van der Waals surface area (Å²) < 4.78 is 43.5. The van der Waals surface area contributed by atoms with Crippen molar-refractivity contribution >= 4 is 81.1 Å². The number of nitrogen functional groups attached to an aromatic ring is 4. The molecule has 0 aromatic carbocycles. The molecule has 6 rings (SSSR count). The average Bonchev–Trinajstić information content (AvgIpc) is 3.27. The van der Waals surface area contributed by atoms with E-state index in [1.165, 1.54) is 23.9 Å². The van der Waals surface area contributed by atoms with Crippen LogP contribution in [-0.4, -0.2) is 113 Å². The molecule has 0 saturated carbocycles. The van der Waals surface area contributed by atoms with Gasteiger partial charge in [-0.1, -0.05) is 23.2 Å². The van der Waals surface area contributed by atoms with Crippen molar-refractivity contribution in [1.82, 2.24) is 59.8 Å². The molecule has 71 heavy (non-hydrogen) atoms. The Morgan fingerprint density at radius 2 is 0.718 bits per heavy atom. The van der Waals surface area contributed by atoms with E-state index in [9.17, 15) is 0 Å². The SMILES string of the molecule is CCOc1cc(OCC)nc(C)n1.CCOc1cc(OCC)nc(N)n1.CCOc1nc(C)nc(OCC)c1I.CCOc1nc(C)nc(OCC)c1Sc1nc(N)cc(N)n1.Nc1nc(Cl)cc(Cl)n1. The number of rotatable bonds is 18. The van der Waals surface area contributed by atoms with E-state index in [2.05, 4.69) is 82.4 Å². The van der Waals surface area contributed by atoms with Crippen LogP contribution in [0.1, 0.15) is 72.9 Å². The molecule has 0 amide bonds. The molecule has 0 aliphatic heterocycles. The maximum Gasteiger partial charge on any atom is 0.235 e. The second-order valence-corrected chi connectivity index (χ2v) is 15.7. The summed E-state index contributed by atoms with van der Waals surface area (Å²) in [4.78, 5) is 48.9. The largest absolute Gasteiger partial charge is 0.478 e. The van der Waals surface area contributed by atoms with Gasteiger partial charge in [0.1, 0.15) is 47.9 Å². The number of halogens is 3. The van der Waals surface area contributed by atoms with Crippen LogP contribution in [0.15, 0.2) is 34.3 Å². The Balaban J connectivity index is 0.000000314. The van der Waals surface area contributed by atoms with E-state index in [1.807, 2.05) is 69.2 Å². The molecule has 0 aliphatic rings.